The maximum Gasteiger partial charge on any atom is 0.240 e. The van der Waals surface area contributed by atoms with Crippen molar-refractivity contribution in [1.82, 2.24) is 10.2 Å². The van der Waals surface area contributed by atoms with Crippen molar-refractivity contribution in [3.05, 3.63) is 29.8 Å². The molecule has 1 amide bonds. The van der Waals surface area contributed by atoms with Gasteiger partial charge in [0.05, 0.1) is 13.2 Å². The first-order valence-electron chi connectivity index (χ1n) is 6.90. The van der Waals surface area contributed by atoms with Gasteiger partial charge in [0, 0.05) is 18.7 Å². The van der Waals surface area contributed by atoms with E-state index in [-0.39, 0.29) is 11.9 Å². The maximum atomic E-state index is 12.3. The van der Waals surface area contributed by atoms with Crippen LogP contribution in [0.4, 0.5) is 0 Å². The molecule has 2 rings (SSSR count). The van der Waals surface area contributed by atoms with Crippen molar-refractivity contribution in [2.75, 3.05) is 20.2 Å². The molecule has 0 spiro atoms. The van der Waals surface area contributed by atoms with E-state index in [2.05, 4.69) is 5.32 Å². The number of likely N-dealkylation sites (tertiary alicyclic amines) is 1. The molecule has 1 fully saturated rings. The average molecular weight is 262 g/mol. The van der Waals surface area contributed by atoms with E-state index >= 15 is 0 Å². The van der Waals surface area contributed by atoms with Gasteiger partial charge in [0.15, 0.2) is 0 Å². The van der Waals surface area contributed by atoms with E-state index in [1.807, 2.05) is 36.1 Å². The molecule has 1 aliphatic rings. The topological polar surface area (TPSA) is 41.6 Å². The van der Waals surface area contributed by atoms with E-state index < -0.39 is 0 Å². The minimum atomic E-state index is -0.0199. The third-order valence-corrected chi connectivity index (χ3v) is 3.53. The fourth-order valence-electron chi connectivity index (χ4n) is 2.57. The van der Waals surface area contributed by atoms with Crippen molar-refractivity contribution in [1.29, 1.82) is 0 Å². The van der Waals surface area contributed by atoms with Crippen LogP contribution in [0, 0.1) is 0 Å². The quantitative estimate of drug-likeness (QED) is 0.879. The van der Waals surface area contributed by atoms with E-state index in [1.165, 1.54) is 0 Å². The number of likely N-dealkylation sites (N-methyl/N-ethyl adjacent to an activating group) is 1. The van der Waals surface area contributed by atoms with Crippen LogP contribution in [-0.2, 0) is 11.3 Å². The lowest BCUT2D eigenvalue weighted by Crippen LogP contribution is -2.50. The number of carbonyl (C=O) groups is 1. The molecule has 1 aromatic rings. The van der Waals surface area contributed by atoms with E-state index in [0.717, 1.165) is 37.2 Å². The van der Waals surface area contributed by atoms with E-state index in [4.69, 9.17) is 4.74 Å². The van der Waals surface area contributed by atoms with Crippen LogP contribution < -0.4 is 10.1 Å². The number of nitrogens with one attached hydrogen (secondary N) is 1. The fourth-order valence-corrected chi connectivity index (χ4v) is 2.57. The molecule has 0 aliphatic carbocycles. The number of piperidine rings is 1. The van der Waals surface area contributed by atoms with E-state index in [0.29, 0.717) is 6.54 Å². The first-order chi connectivity index (χ1) is 9.26. The number of carbonyl (C=O) groups excluding carboxylic acids is 1. The van der Waals surface area contributed by atoms with Crippen LogP contribution in [0.1, 0.15) is 25.3 Å². The Hall–Kier alpha value is -1.55. The van der Waals surface area contributed by atoms with Gasteiger partial charge in [-0.25, -0.2) is 0 Å². The van der Waals surface area contributed by atoms with E-state index in [1.54, 1.807) is 7.11 Å². The van der Waals surface area contributed by atoms with Crippen LogP contribution in [-0.4, -0.2) is 37.0 Å². The van der Waals surface area contributed by atoms with Gasteiger partial charge in [-0.15, -0.1) is 0 Å². The zero-order valence-corrected chi connectivity index (χ0v) is 11.7. The summed E-state index contributed by atoms with van der Waals surface area (Å²) in [5.41, 5.74) is 1.07. The molecule has 0 radical (unpaired) electrons. The fraction of sp³-hybridized carbons (Fsp3) is 0.533. The van der Waals surface area contributed by atoms with E-state index in [9.17, 15) is 4.79 Å². The van der Waals surface area contributed by atoms with Gasteiger partial charge in [-0.2, -0.15) is 0 Å². The van der Waals surface area contributed by atoms with Crippen molar-refractivity contribution in [2.24, 2.45) is 0 Å². The molecule has 1 saturated heterocycles. The Labute approximate surface area is 114 Å². The maximum absolute atomic E-state index is 12.3. The summed E-state index contributed by atoms with van der Waals surface area (Å²) in [6, 6.07) is 7.86. The molecule has 1 heterocycles. The standard InChI is InChI=1S/C15H22N2O2/c1-3-16-13-8-6-10-17(15(13)18)11-12-7-4-5-9-14(12)19-2/h4-5,7,9,13,16H,3,6,8,10-11H2,1-2H3. The highest BCUT2D eigenvalue weighted by Gasteiger charge is 2.28. The van der Waals surface area contributed by atoms with Crippen LogP contribution >= 0.6 is 0 Å². The van der Waals surface area contributed by atoms with Crippen LogP contribution in [0.5, 0.6) is 5.75 Å². The number of benzene rings is 1. The normalized spacial score (nSPS) is 19.6. The van der Waals surface area contributed by atoms with Crippen molar-refractivity contribution >= 4 is 5.91 Å². The minimum absolute atomic E-state index is 0.0199. The molecule has 1 unspecified atom stereocenters. The highest BCUT2D eigenvalue weighted by molar-refractivity contribution is 5.82. The summed E-state index contributed by atoms with van der Waals surface area (Å²) < 4.78 is 5.34. The summed E-state index contributed by atoms with van der Waals surface area (Å²) in [5.74, 6) is 1.06. The lowest BCUT2D eigenvalue weighted by molar-refractivity contribution is -0.136. The smallest absolute Gasteiger partial charge is 0.240 e. The first kappa shape index (κ1) is 13.9. The molecule has 1 aromatic carbocycles. The van der Waals surface area contributed by atoms with Gasteiger partial charge in [0.1, 0.15) is 5.75 Å². The highest BCUT2D eigenvalue weighted by Crippen LogP contribution is 2.22. The third kappa shape index (κ3) is 3.26. The molecule has 1 atom stereocenters. The first-order valence-corrected chi connectivity index (χ1v) is 6.90. The minimum Gasteiger partial charge on any atom is -0.496 e. The Morgan fingerprint density at radius 2 is 2.21 bits per heavy atom. The zero-order chi connectivity index (χ0) is 13.7. The van der Waals surface area contributed by atoms with Gasteiger partial charge in [-0.1, -0.05) is 25.1 Å². The number of hydrogen-bond acceptors (Lipinski definition) is 3. The lowest BCUT2D eigenvalue weighted by atomic mass is 10.0. The van der Waals surface area contributed by atoms with Crippen LogP contribution in [0.25, 0.3) is 0 Å². The summed E-state index contributed by atoms with van der Waals surface area (Å²) in [6.07, 6.45) is 1.99. The van der Waals surface area contributed by atoms with Gasteiger partial charge in [-0.05, 0) is 25.5 Å². The van der Waals surface area contributed by atoms with Gasteiger partial charge in [0.25, 0.3) is 0 Å². The van der Waals surface area contributed by atoms with Gasteiger partial charge in [-0.3, -0.25) is 4.79 Å². The average Bonchev–Trinajstić information content (AvgIpc) is 2.44. The Kier molecular flexibility index (Phi) is 4.80. The Bertz CT molecular complexity index is 432. The van der Waals surface area contributed by atoms with Gasteiger partial charge < -0.3 is 15.0 Å². The van der Waals surface area contributed by atoms with Crippen molar-refractivity contribution in [3.8, 4) is 5.75 Å². The number of nitrogens with zero attached hydrogens (tertiary/aromatic N) is 1. The second-order valence-corrected chi connectivity index (χ2v) is 4.82. The monoisotopic (exact) mass is 262 g/mol. The number of amides is 1. The second kappa shape index (κ2) is 6.57. The predicted molar refractivity (Wildman–Crippen MR) is 75.1 cm³/mol. The summed E-state index contributed by atoms with van der Waals surface area (Å²) in [7, 11) is 1.66. The number of methoxy groups -OCH3 is 1. The molecule has 1 N–H and O–H groups in total. The molecule has 19 heavy (non-hydrogen) atoms. The van der Waals surface area contributed by atoms with Crippen LogP contribution in [0.15, 0.2) is 24.3 Å². The third-order valence-electron chi connectivity index (χ3n) is 3.53. The lowest BCUT2D eigenvalue weighted by Gasteiger charge is -2.33. The Morgan fingerprint density at radius 3 is 2.95 bits per heavy atom. The largest absolute Gasteiger partial charge is 0.496 e. The molecule has 1 aliphatic heterocycles. The summed E-state index contributed by atoms with van der Waals surface area (Å²) >= 11 is 0. The molecular weight excluding hydrogens is 240 g/mol. The SMILES string of the molecule is CCNC1CCCN(Cc2ccccc2OC)C1=O. The Balaban J connectivity index is 2.07. The van der Waals surface area contributed by atoms with Crippen molar-refractivity contribution in [3.63, 3.8) is 0 Å². The van der Waals surface area contributed by atoms with Gasteiger partial charge >= 0.3 is 0 Å². The Morgan fingerprint density at radius 1 is 1.42 bits per heavy atom. The predicted octanol–water partition coefficient (Wildman–Crippen LogP) is 1.80. The molecule has 4 heteroatoms. The molecule has 4 nitrogen and oxygen atoms in total. The zero-order valence-electron chi connectivity index (χ0n) is 11.7. The summed E-state index contributed by atoms with van der Waals surface area (Å²) in [4.78, 5) is 14.3. The summed E-state index contributed by atoms with van der Waals surface area (Å²) in [5, 5.41) is 3.26. The highest BCUT2D eigenvalue weighted by atomic mass is 16.5. The van der Waals surface area contributed by atoms with Crippen molar-refractivity contribution in [2.45, 2.75) is 32.4 Å². The number of para-hydroxylation sites is 1. The molecule has 0 bridgehead atoms. The molecule has 104 valence electrons. The second-order valence-electron chi connectivity index (χ2n) is 4.82. The molecular formula is C15H22N2O2. The van der Waals surface area contributed by atoms with Crippen LogP contribution in [0.3, 0.4) is 0 Å². The molecule has 0 aromatic heterocycles. The van der Waals surface area contributed by atoms with Crippen molar-refractivity contribution < 1.29 is 9.53 Å². The number of hydrogen-bond donors (Lipinski definition) is 1. The number of ether oxygens (including phenoxy) is 1. The number of rotatable bonds is 5. The van der Waals surface area contributed by atoms with Crippen LogP contribution in [0.2, 0.25) is 0 Å². The van der Waals surface area contributed by atoms with Gasteiger partial charge in [0.2, 0.25) is 5.91 Å². The summed E-state index contributed by atoms with van der Waals surface area (Å²) in [6.45, 7) is 4.33. The molecule has 0 saturated carbocycles.